The van der Waals surface area contributed by atoms with Gasteiger partial charge in [-0.15, -0.1) is 0 Å². The number of benzene rings is 6. The standard InChI is InChI=1S/C40H25N3O/c1-4-12-26(13-5-1)29-20-21-30-31-22-23-37-38(32-18-10-11-19-36(32)44-37)39(31)43(35(30)24-29)40-41-33(27-14-6-2-7-15-27)25-34(42-40)28-16-8-3-9-17-28/h1-25H. The molecule has 0 saturated heterocycles. The van der Waals surface area contributed by atoms with E-state index in [1.165, 1.54) is 0 Å². The maximum Gasteiger partial charge on any atom is 0.235 e. The molecule has 6 aromatic carbocycles. The summed E-state index contributed by atoms with van der Waals surface area (Å²) in [6.45, 7) is 0. The van der Waals surface area contributed by atoms with Crippen molar-refractivity contribution in [3.8, 4) is 39.6 Å². The van der Waals surface area contributed by atoms with E-state index < -0.39 is 0 Å². The van der Waals surface area contributed by atoms with E-state index >= 15 is 0 Å². The molecule has 0 aliphatic carbocycles. The molecule has 3 aromatic heterocycles. The number of hydrogen-bond acceptors (Lipinski definition) is 3. The third-order valence-electron chi connectivity index (χ3n) is 8.43. The van der Waals surface area contributed by atoms with Crippen LogP contribution in [-0.4, -0.2) is 14.5 Å². The number of nitrogens with zero attached hydrogens (tertiary/aromatic N) is 3. The van der Waals surface area contributed by atoms with Crippen molar-refractivity contribution in [2.75, 3.05) is 0 Å². The minimum atomic E-state index is 0.619. The lowest BCUT2D eigenvalue weighted by atomic mass is 10.0. The average Bonchev–Trinajstić information content (AvgIpc) is 3.64. The predicted molar refractivity (Wildman–Crippen MR) is 180 cm³/mol. The van der Waals surface area contributed by atoms with Crippen LogP contribution in [0.15, 0.2) is 156 Å². The molecule has 0 fully saturated rings. The molecule has 4 heteroatoms. The first-order valence-electron chi connectivity index (χ1n) is 14.8. The molecule has 0 saturated carbocycles. The first kappa shape index (κ1) is 24.6. The van der Waals surface area contributed by atoms with Crippen molar-refractivity contribution in [3.05, 3.63) is 152 Å². The van der Waals surface area contributed by atoms with E-state index in [0.29, 0.717) is 5.95 Å². The normalized spacial score (nSPS) is 11.6. The molecule has 0 amide bonds. The maximum atomic E-state index is 6.37. The summed E-state index contributed by atoms with van der Waals surface area (Å²) in [6, 6.07) is 52.4. The minimum absolute atomic E-state index is 0.619. The summed E-state index contributed by atoms with van der Waals surface area (Å²) in [5.74, 6) is 0.619. The zero-order valence-electron chi connectivity index (χ0n) is 23.7. The molecule has 9 aromatic rings. The van der Waals surface area contributed by atoms with Crippen LogP contribution in [-0.2, 0) is 0 Å². The predicted octanol–water partition coefficient (Wildman–Crippen LogP) is 10.5. The van der Waals surface area contributed by atoms with E-state index in [1.807, 2.05) is 54.6 Å². The Morgan fingerprint density at radius 1 is 0.432 bits per heavy atom. The fraction of sp³-hybridized carbons (Fsp3) is 0. The fourth-order valence-corrected chi connectivity index (χ4v) is 6.38. The molecule has 44 heavy (non-hydrogen) atoms. The second-order valence-corrected chi connectivity index (χ2v) is 11.0. The van der Waals surface area contributed by atoms with Crippen LogP contribution in [0.1, 0.15) is 0 Å². The first-order valence-corrected chi connectivity index (χ1v) is 14.8. The lowest BCUT2D eigenvalue weighted by Crippen LogP contribution is -2.04. The molecule has 9 rings (SSSR count). The first-order chi connectivity index (χ1) is 21.8. The van der Waals surface area contributed by atoms with Gasteiger partial charge in [0.1, 0.15) is 11.2 Å². The van der Waals surface area contributed by atoms with Crippen LogP contribution in [0.3, 0.4) is 0 Å². The Morgan fingerprint density at radius 2 is 1.02 bits per heavy atom. The molecule has 0 aliphatic rings. The van der Waals surface area contributed by atoms with E-state index in [0.717, 1.165) is 77.4 Å². The molecule has 0 N–H and O–H groups in total. The van der Waals surface area contributed by atoms with E-state index in [2.05, 4.69) is 102 Å². The molecule has 4 nitrogen and oxygen atoms in total. The molecule has 0 unspecified atom stereocenters. The Hall–Kier alpha value is -6.00. The average molecular weight is 564 g/mol. The van der Waals surface area contributed by atoms with Gasteiger partial charge in [0.05, 0.1) is 27.8 Å². The molecule has 0 aliphatic heterocycles. The summed E-state index contributed by atoms with van der Waals surface area (Å²) in [4.78, 5) is 10.5. The van der Waals surface area contributed by atoms with Crippen molar-refractivity contribution in [2.24, 2.45) is 0 Å². The Kier molecular flexibility index (Phi) is 5.47. The highest BCUT2D eigenvalue weighted by Crippen LogP contribution is 2.41. The minimum Gasteiger partial charge on any atom is -0.456 e. The van der Waals surface area contributed by atoms with Gasteiger partial charge in [-0.2, -0.15) is 0 Å². The highest BCUT2D eigenvalue weighted by molar-refractivity contribution is 6.24. The van der Waals surface area contributed by atoms with E-state index in [1.54, 1.807) is 0 Å². The van der Waals surface area contributed by atoms with Crippen molar-refractivity contribution in [1.29, 1.82) is 0 Å². The zero-order valence-corrected chi connectivity index (χ0v) is 23.7. The molecular formula is C40H25N3O. The number of rotatable bonds is 4. The molecule has 206 valence electrons. The van der Waals surface area contributed by atoms with Gasteiger partial charge in [0.25, 0.3) is 0 Å². The largest absolute Gasteiger partial charge is 0.456 e. The van der Waals surface area contributed by atoms with Crippen molar-refractivity contribution in [1.82, 2.24) is 14.5 Å². The summed E-state index contributed by atoms with van der Waals surface area (Å²) in [7, 11) is 0. The monoisotopic (exact) mass is 563 g/mol. The number of aromatic nitrogens is 3. The highest BCUT2D eigenvalue weighted by Gasteiger charge is 2.22. The quantitative estimate of drug-likeness (QED) is 0.214. The van der Waals surface area contributed by atoms with Crippen LogP contribution in [0.2, 0.25) is 0 Å². The SMILES string of the molecule is c1ccc(-c2ccc3c4ccc5oc6ccccc6c5c4n(-c4nc(-c5ccccc5)cc(-c5ccccc5)n4)c3c2)cc1. The Bertz CT molecular complexity index is 2420. The van der Waals surface area contributed by atoms with E-state index in [9.17, 15) is 0 Å². The second kappa shape index (κ2) is 9.79. The lowest BCUT2D eigenvalue weighted by Gasteiger charge is -2.12. The van der Waals surface area contributed by atoms with Crippen LogP contribution in [0.25, 0.3) is 83.3 Å². The van der Waals surface area contributed by atoms with Crippen LogP contribution in [0, 0.1) is 0 Å². The lowest BCUT2D eigenvalue weighted by molar-refractivity contribution is 0.669. The van der Waals surface area contributed by atoms with Crippen LogP contribution in [0.4, 0.5) is 0 Å². The van der Waals surface area contributed by atoms with Gasteiger partial charge >= 0.3 is 0 Å². The number of para-hydroxylation sites is 1. The fourth-order valence-electron chi connectivity index (χ4n) is 6.38. The third-order valence-corrected chi connectivity index (χ3v) is 8.43. The van der Waals surface area contributed by atoms with Crippen molar-refractivity contribution in [2.45, 2.75) is 0 Å². The van der Waals surface area contributed by atoms with Crippen LogP contribution < -0.4 is 0 Å². The summed E-state index contributed by atoms with van der Waals surface area (Å²) >= 11 is 0. The Morgan fingerprint density at radius 3 is 1.70 bits per heavy atom. The van der Waals surface area contributed by atoms with Gasteiger partial charge in [-0.3, -0.25) is 4.57 Å². The Labute approximate surface area is 253 Å². The summed E-state index contributed by atoms with van der Waals surface area (Å²) in [5, 5.41) is 4.41. The molecule has 3 heterocycles. The number of furan rings is 1. The summed E-state index contributed by atoms with van der Waals surface area (Å²) in [5.41, 5.74) is 9.90. The Balaban J connectivity index is 1.45. The second-order valence-electron chi connectivity index (χ2n) is 11.0. The van der Waals surface area contributed by atoms with Gasteiger partial charge in [-0.05, 0) is 41.5 Å². The van der Waals surface area contributed by atoms with Gasteiger partial charge in [0.15, 0.2) is 0 Å². The summed E-state index contributed by atoms with van der Waals surface area (Å²) < 4.78 is 8.61. The maximum absolute atomic E-state index is 6.37. The van der Waals surface area contributed by atoms with E-state index in [4.69, 9.17) is 14.4 Å². The summed E-state index contributed by atoms with van der Waals surface area (Å²) in [6.07, 6.45) is 0. The smallest absolute Gasteiger partial charge is 0.235 e. The molecule has 0 spiro atoms. The van der Waals surface area contributed by atoms with Crippen molar-refractivity contribution < 1.29 is 4.42 Å². The van der Waals surface area contributed by atoms with Gasteiger partial charge < -0.3 is 4.42 Å². The topological polar surface area (TPSA) is 43.9 Å². The number of hydrogen-bond donors (Lipinski definition) is 0. The van der Waals surface area contributed by atoms with Gasteiger partial charge in [0, 0.05) is 27.3 Å². The van der Waals surface area contributed by atoms with E-state index in [-0.39, 0.29) is 0 Å². The number of fused-ring (bicyclic) bond motifs is 7. The molecule has 0 atom stereocenters. The molecular weight excluding hydrogens is 538 g/mol. The van der Waals surface area contributed by atoms with Gasteiger partial charge in [0.2, 0.25) is 5.95 Å². The highest BCUT2D eigenvalue weighted by atomic mass is 16.3. The van der Waals surface area contributed by atoms with Crippen molar-refractivity contribution in [3.63, 3.8) is 0 Å². The van der Waals surface area contributed by atoms with Gasteiger partial charge in [-0.25, -0.2) is 9.97 Å². The molecule has 0 radical (unpaired) electrons. The van der Waals surface area contributed by atoms with Crippen LogP contribution >= 0.6 is 0 Å². The van der Waals surface area contributed by atoms with Gasteiger partial charge in [-0.1, -0.05) is 121 Å². The third kappa shape index (κ3) is 3.85. The zero-order chi connectivity index (χ0) is 29.0. The van der Waals surface area contributed by atoms with Crippen LogP contribution in [0.5, 0.6) is 0 Å². The van der Waals surface area contributed by atoms with Crippen molar-refractivity contribution >= 4 is 43.7 Å². The molecule has 0 bridgehead atoms.